The molecule has 0 saturated carbocycles. The highest BCUT2D eigenvalue weighted by atomic mass is 19.1. The molecule has 0 heterocycles. The molecule has 1 N–H and O–H groups in total. The minimum Gasteiger partial charge on any atom is -0.491 e. The Morgan fingerprint density at radius 2 is 1.73 bits per heavy atom. The molecule has 22 heavy (non-hydrogen) atoms. The van der Waals surface area contributed by atoms with E-state index in [9.17, 15) is 13.9 Å². The largest absolute Gasteiger partial charge is 0.491 e. The predicted molar refractivity (Wildman–Crippen MR) is 74.5 cm³/mol. The van der Waals surface area contributed by atoms with Gasteiger partial charge in [0.25, 0.3) is 0 Å². The summed E-state index contributed by atoms with van der Waals surface area (Å²) < 4.78 is 36.6. The third kappa shape index (κ3) is 4.43. The predicted octanol–water partition coefficient (Wildman–Crippen LogP) is 2.66. The van der Waals surface area contributed by atoms with Crippen LogP contribution in [-0.4, -0.2) is 24.4 Å². The van der Waals surface area contributed by atoms with E-state index in [0.29, 0.717) is 5.75 Å². The Balaban J connectivity index is 1.81. The first-order valence-corrected chi connectivity index (χ1v) is 6.47. The van der Waals surface area contributed by atoms with E-state index in [1.54, 1.807) is 0 Å². The number of halogens is 2. The van der Waals surface area contributed by atoms with Crippen molar-refractivity contribution in [3.8, 4) is 17.6 Å². The van der Waals surface area contributed by atoms with E-state index >= 15 is 0 Å². The highest BCUT2D eigenvalue weighted by Crippen LogP contribution is 2.18. The third-order valence-electron chi connectivity index (χ3n) is 2.75. The van der Waals surface area contributed by atoms with Gasteiger partial charge >= 0.3 is 0 Å². The molecule has 1 atom stereocenters. The zero-order valence-corrected chi connectivity index (χ0v) is 11.5. The fourth-order valence-electron chi connectivity index (χ4n) is 1.64. The fourth-order valence-corrected chi connectivity index (χ4v) is 1.64. The first-order valence-electron chi connectivity index (χ1n) is 6.47. The molecule has 2 aromatic carbocycles. The van der Waals surface area contributed by atoms with Crippen molar-refractivity contribution in [2.24, 2.45) is 0 Å². The second-order valence-corrected chi connectivity index (χ2v) is 4.49. The second kappa shape index (κ2) is 7.38. The van der Waals surface area contributed by atoms with Gasteiger partial charge in [-0.3, -0.25) is 0 Å². The molecule has 0 saturated heterocycles. The van der Waals surface area contributed by atoms with Crippen LogP contribution in [0.3, 0.4) is 0 Å². The smallest absolute Gasteiger partial charge is 0.166 e. The molecular weight excluding hydrogens is 292 g/mol. The van der Waals surface area contributed by atoms with E-state index in [2.05, 4.69) is 0 Å². The van der Waals surface area contributed by atoms with Crippen LogP contribution in [0.15, 0.2) is 42.5 Å². The summed E-state index contributed by atoms with van der Waals surface area (Å²) >= 11 is 0. The van der Waals surface area contributed by atoms with Gasteiger partial charge in [-0.1, -0.05) is 0 Å². The van der Waals surface area contributed by atoms with Crippen LogP contribution in [0, 0.1) is 23.0 Å². The average molecular weight is 305 g/mol. The van der Waals surface area contributed by atoms with Gasteiger partial charge in [0.05, 0.1) is 11.6 Å². The van der Waals surface area contributed by atoms with Crippen molar-refractivity contribution in [2.75, 3.05) is 13.2 Å². The number of hydrogen-bond acceptors (Lipinski definition) is 4. The van der Waals surface area contributed by atoms with Crippen molar-refractivity contribution < 1.29 is 23.4 Å². The molecule has 0 radical (unpaired) electrons. The van der Waals surface area contributed by atoms with Crippen molar-refractivity contribution in [1.82, 2.24) is 0 Å². The Morgan fingerprint density at radius 1 is 1.05 bits per heavy atom. The lowest BCUT2D eigenvalue weighted by molar-refractivity contribution is 0.0612. The van der Waals surface area contributed by atoms with Gasteiger partial charge < -0.3 is 14.6 Å². The van der Waals surface area contributed by atoms with E-state index in [1.807, 2.05) is 6.07 Å². The molecule has 4 nitrogen and oxygen atoms in total. The van der Waals surface area contributed by atoms with E-state index in [0.717, 1.165) is 6.07 Å². The van der Waals surface area contributed by atoms with Gasteiger partial charge in [0.15, 0.2) is 11.6 Å². The molecule has 0 bridgehead atoms. The Bertz CT molecular complexity index is 668. The maximum atomic E-state index is 13.6. The monoisotopic (exact) mass is 305 g/mol. The first kappa shape index (κ1) is 15.7. The minimum absolute atomic E-state index is 0.0557. The van der Waals surface area contributed by atoms with Gasteiger partial charge in [0.1, 0.15) is 30.9 Å². The average Bonchev–Trinajstić information content (AvgIpc) is 2.53. The van der Waals surface area contributed by atoms with Crippen molar-refractivity contribution >= 4 is 0 Å². The Morgan fingerprint density at radius 3 is 2.36 bits per heavy atom. The van der Waals surface area contributed by atoms with Gasteiger partial charge in [-0.15, -0.1) is 0 Å². The summed E-state index contributed by atoms with van der Waals surface area (Å²) in [4.78, 5) is 0. The van der Waals surface area contributed by atoms with Crippen LogP contribution in [-0.2, 0) is 0 Å². The van der Waals surface area contributed by atoms with E-state index in [4.69, 9.17) is 14.7 Å². The van der Waals surface area contributed by atoms with Crippen LogP contribution in [0.1, 0.15) is 5.56 Å². The van der Waals surface area contributed by atoms with Gasteiger partial charge in [-0.05, 0) is 42.5 Å². The van der Waals surface area contributed by atoms with Crippen LogP contribution >= 0.6 is 0 Å². The fraction of sp³-hybridized carbons (Fsp3) is 0.188. The van der Waals surface area contributed by atoms with Crippen molar-refractivity contribution in [3.63, 3.8) is 0 Å². The van der Waals surface area contributed by atoms with Crippen molar-refractivity contribution in [3.05, 3.63) is 59.7 Å². The lowest BCUT2D eigenvalue weighted by atomic mass is 10.2. The molecule has 0 aliphatic heterocycles. The molecule has 6 heteroatoms. The number of nitriles is 1. The minimum atomic E-state index is -0.986. The molecule has 2 aromatic rings. The van der Waals surface area contributed by atoms with Crippen LogP contribution in [0.25, 0.3) is 0 Å². The molecule has 0 aromatic heterocycles. The van der Waals surface area contributed by atoms with Gasteiger partial charge in [0, 0.05) is 0 Å². The van der Waals surface area contributed by atoms with E-state index < -0.39 is 11.9 Å². The Labute approximate surface area is 126 Å². The number of nitrogens with zero attached hydrogens (tertiary/aromatic N) is 1. The maximum Gasteiger partial charge on any atom is 0.166 e. The SMILES string of the molecule is N#Cc1ccc(OCC(O)COc2ccc(F)cc2)c(F)c1. The zero-order chi connectivity index (χ0) is 15.9. The Hall–Kier alpha value is -2.65. The molecule has 114 valence electrons. The lowest BCUT2D eigenvalue weighted by Gasteiger charge is -2.14. The summed E-state index contributed by atoms with van der Waals surface area (Å²) in [5.74, 6) is -0.705. The molecule has 0 amide bonds. The number of rotatable bonds is 6. The number of benzene rings is 2. The lowest BCUT2D eigenvalue weighted by Crippen LogP contribution is -2.25. The number of ether oxygens (including phenoxy) is 2. The number of hydrogen-bond donors (Lipinski definition) is 1. The highest BCUT2D eigenvalue weighted by molar-refractivity contribution is 5.36. The van der Waals surface area contributed by atoms with Crippen molar-refractivity contribution in [1.29, 1.82) is 5.26 Å². The second-order valence-electron chi connectivity index (χ2n) is 4.49. The normalized spacial score (nSPS) is 11.5. The van der Waals surface area contributed by atoms with Gasteiger partial charge in [-0.2, -0.15) is 5.26 Å². The van der Waals surface area contributed by atoms with Gasteiger partial charge in [-0.25, -0.2) is 8.78 Å². The summed E-state index contributed by atoms with van der Waals surface area (Å²) in [5, 5.41) is 18.3. The summed E-state index contributed by atoms with van der Waals surface area (Å²) in [6, 6.07) is 10.9. The first-order chi connectivity index (χ1) is 10.6. The molecule has 0 spiro atoms. The summed E-state index contributed by atoms with van der Waals surface area (Å²) in [7, 11) is 0. The third-order valence-corrected chi connectivity index (χ3v) is 2.75. The number of aliphatic hydroxyl groups excluding tert-OH is 1. The van der Waals surface area contributed by atoms with Crippen LogP contribution in [0.2, 0.25) is 0 Å². The zero-order valence-electron chi connectivity index (χ0n) is 11.5. The molecule has 1 unspecified atom stereocenters. The molecular formula is C16H13F2NO3. The van der Waals surface area contributed by atoms with E-state index in [-0.39, 0.29) is 30.3 Å². The Kier molecular flexibility index (Phi) is 5.28. The molecule has 0 fully saturated rings. The van der Waals surface area contributed by atoms with Crippen LogP contribution in [0.4, 0.5) is 8.78 Å². The number of aliphatic hydroxyl groups is 1. The summed E-state index contributed by atoms with van der Waals surface area (Å²) in [5.41, 5.74) is 0.185. The van der Waals surface area contributed by atoms with Crippen LogP contribution in [0.5, 0.6) is 11.5 Å². The quantitative estimate of drug-likeness (QED) is 0.891. The summed E-state index contributed by atoms with van der Waals surface area (Å²) in [6.07, 6.45) is -0.986. The van der Waals surface area contributed by atoms with Gasteiger partial charge in [0.2, 0.25) is 0 Å². The standard InChI is InChI=1S/C16H13F2NO3/c17-12-2-4-14(5-3-12)21-9-13(20)10-22-16-6-1-11(8-19)7-15(16)18/h1-7,13,20H,9-10H2. The van der Waals surface area contributed by atoms with E-state index in [1.165, 1.54) is 36.4 Å². The molecule has 2 rings (SSSR count). The molecule has 0 aliphatic rings. The van der Waals surface area contributed by atoms with Crippen molar-refractivity contribution in [2.45, 2.75) is 6.10 Å². The topological polar surface area (TPSA) is 62.5 Å². The maximum absolute atomic E-state index is 13.6. The molecule has 0 aliphatic carbocycles. The summed E-state index contributed by atoms with van der Waals surface area (Å²) in [6.45, 7) is -0.256. The highest BCUT2D eigenvalue weighted by Gasteiger charge is 2.10. The van der Waals surface area contributed by atoms with Crippen LogP contribution < -0.4 is 9.47 Å².